The number of pyridine rings is 2. The summed E-state index contributed by atoms with van der Waals surface area (Å²) in [6.45, 7) is 22.8. The number of hydrogen-bond acceptors (Lipinski definition) is 6. The van der Waals surface area contributed by atoms with Gasteiger partial charge in [0.15, 0.2) is 0 Å². The van der Waals surface area contributed by atoms with Gasteiger partial charge in [-0.1, -0.05) is 52.7 Å². The van der Waals surface area contributed by atoms with Crippen molar-refractivity contribution in [1.82, 2.24) is 19.9 Å². The Morgan fingerprint density at radius 1 is 1.10 bits per heavy atom. The Morgan fingerprint density at radius 2 is 1.79 bits per heavy atom. The van der Waals surface area contributed by atoms with Crippen molar-refractivity contribution in [3.63, 3.8) is 0 Å². The van der Waals surface area contributed by atoms with Gasteiger partial charge in [0.2, 0.25) is 0 Å². The Kier molecular flexibility index (Phi) is 10.5. The molecule has 0 saturated heterocycles. The number of hydrogen-bond donors (Lipinski definition) is 3. The molecule has 0 unspecified atom stereocenters. The molecule has 0 radical (unpaired) electrons. The van der Waals surface area contributed by atoms with Crippen LogP contribution in [0.5, 0.6) is 0 Å². The van der Waals surface area contributed by atoms with E-state index >= 15 is 0 Å². The Balaban J connectivity index is 0.00000237. The number of H-pyrrole nitrogens is 1. The first-order valence-corrected chi connectivity index (χ1v) is 14.4. The minimum absolute atomic E-state index is 0.147. The number of allylic oxidation sites excluding steroid dienone is 4. The molecule has 216 valence electrons. The number of nitrogens with zero attached hydrogens (tertiary/aromatic N) is 3. The van der Waals surface area contributed by atoms with E-state index in [0.29, 0.717) is 12.2 Å². The van der Waals surface area contributed by atoms with Crippen LogP contribution in [0.25, 0.3) is 22.3 Å². The fraction of sp³-hybridized carbons (Fsp3) is 0.229. The van der Waals surface area contributed by atoms with Crippen LogP contribution in [-0.4, -0.2) is 19.9 Å². The second-order valence-corrected chi connectivity index (χ2v) is 12.4. The Morgan fingerprint density at radius 3 is 2.43 bits per heavy atom. The molecule has 4 heterocycles. The predicted molar refractivity (Wildman–Crippen MR) is 181 cm³/mol. The van der Waals surface area contributed by atoms with E-state index in [2.05, 4.69) is 97.9 Å². The third-order valence-corrected chi connectivity index (χ3v) is 7.54. The number of aromatic amines is 1. The number of aromatic nitrogens is 4. The van der Waals surface area contributed by atoms with Crippen LogP contribution < -0.4 is 11.1 Å². The fourth-order valence-corrected chi connectivity index (χ4v) is 5.49. The van der Waals surface area contributed by atoms with Crippen molar-refractivity contribution < 1.29 is 0 Å². The van der Waals surface area contributed by atoms with Crippen molar-refractivity contribution in [3.8, 4) is 24.0 Å². The summed E-state index contributed by atoms with van der Waals surface area (Å²) < 4.78 is 0. The van der Waals surface area contributed by atoms with Crippen LogP contribution in [-0.2, 0) is 6.42 Å². The summed E-state index contributed by atoms with van der Waals surface area (Å²) >= 11 is 1.70. The molecule has 6 nitrogen and oxygen atoms in total. The number of thiophene rings is 1. The lowest BCUT2D eigenvalue weighted by Crippen LogP contribution is -2.10. The van der Waals surface area contributed by atoms with E-state index in [1.165, 1.54) is 0 Å². The molecule has 0 aliphatic heterocycles. The van der Waals surface area contributed by atoms with Crippen molar-refractivity contribution >= 4 is 34.0 Å². The third kappa shape index (κ3) is 8.18. The highest BCUT2D eigenvalue weighted by Crippen LogP contribution is 2.33. The Bertz CT molecular complexity index is 1640. The number of aryl methyl sites for hydroxylation is 1. The molecule has 0 aromatic carbocycles. The van der Waals surface area contributed by atoms with Crippen LogP contribution in [0, 0.1) is 25.2 Å². The molecule has 0 aliphatic carbocycles. The number of imidazole rings is 1. The largest absolute Gasteiger partial charge is 0.383 e. The van der Waals surface area contributed by atoms with Crippen molar-refractivity contribution in [3.05, 3.63) is 113 Å². The zero-order valence-electron chi connectivity index (χ0n) is 25.2. The highest BCUT2D eigenvalue weighted by molar-refractivity contribution is 7.14. The quantitative estimate of drug-likeness (QED) is 0.130. The molecule has 42 heavy (non-hydrogen) atoms. The molecule has 0 spiro atoms. The lowest BCUT2D eigenvalue weighted by Gasteiger charge is -2.20. The van der Waals surface area contributed by atoms with Crippen LogP contribution in [0.1, 0.15) is 66.6 Å². The number of nitrogens with two attached hydrogens (primary N) is 1. The van der Waals surface area contributed by atoms with Crippen molar-refractivity contribution in [1.29, 1.82) is 0 Å². The Hall–Kier alpha value is -4.67. The van der Waals surface area contributed by atoms with E-state index < -0.39 is 0 Å². The van der Waals surface area contributed by atoms with Crippen LogP contribution in [0.15, 0.2) is 80.4 Å². The summed E-state index contributed by atoms with van der Waals surface area (Å²) in [5.41, 5.74) is 15.0. The molecule has 4 aromatic rings. The van der Waals surface area contributed by atoms with E-state index in [9.17, 15) is 0 Å². The molecule has 0 aliphatic rings. The van der Waals surface area contributed by atoms with Crippen LogP contribution in [0.2, 0.25) is 0 Å². The maximum Gasteiger partial charge on any atom is 0.127 e. The lowest BCUT2D eigenvalue weighted by atomic mass is 9.91. The molecular weight excluding hydrogens is 536 g/mol. The van der Waals surface area contributed by atoms with Gasteiger partial charge in [0.25, 0.3) is 0 Å². The van der Waals surface area contributed by atoms with Crippen molar-refractivity contribution in [2.24, 2.45) is 5.41 Å². The zero-order chi connectivity index (χ0) is 31.0. The minimum atomic E-state index is 0.147. The standard InChI is InChI=1S/C33H38N6S.C2H2/c1-9-10-27(29-12-11-28(40-29)20(2)3)31-22(5)38-30(39-31)15-23-13-24(18-36-32(23)34)25-14-26(19-35-17-25)37-21(4)16-33(6,7)8;1-2/h9-14,17-19,37H,1-2,4,15-16H2,3,5-8H3,(H2,34,36)(H,38,39);1-2H/b27-10-;. The van der Waals surface area contributed by atoms with E-state index in [-0.39, 0.29) is 5.41 Å². The van der Waals surface area contributed by atoms with Crippen LogP contribution in [0.3, 0.4) is 0 Å². The average Bonchev–Trinajstić information content (AvgIpc) is 3.56. The van der Waals surface area contributed by atoms with Gasteiger partial charge in [-0.25, -0.2) is 9.97 Å². The Labute approximate surface area is 254 Å². The lowest BCUT2D eigenvalue weighted by molar-refractivity contribution is 0.411. The highest BCUT2D eigenvalue weighted by atomic mass is 32.1. The first-order valence-electron chi connectivity index (χ1n) is 13.6. The number of nitrogen functional groups attached to an aromatic ring is 1. The molecule has 4 aromatic heterocycles. The topological polar surface area (TPSA) is 92.5 Å². The van der Waals surface area contributed by atoms with Gasteiger partial charge in [-0.15, -0.1) is 24.2 Å². The van der Waals surface area contributed by atoms with Crippen LogP contribution in [0.4, 0.5) is 11.5 Å². The van der Waals surface area contributed by atoms with E-state index in [1.54, 1.807) is 29.8 Å². The summed E-state index contributed by atoms with van der Waals surface area (Å²) in [5.74, 6) is 1.29. The van der Waals surface area contributed by atoms with Gasteiger partial charge >= 0.3 is 0 Å². The smallest absolute Gasteiger partial charge is 0.127 e. The highest BCUT2D eigenvalue weighted by Gasteiger charge is 2.17. The second-order valence-electron chi connectivity index (χ2n) is 11.3. The average molecular weight is 577 g/mol. The van der Waals surface area contributed by atoms with E-state index in [0.717, 1.165) is 72.6 Å². The maximum absolute atomic E-state index is 6.32. The SMILES string of the molecule is C#C.C=C/C=C(/c1ccc(C(=C)C)s1)c1nc(Cc2cc(-c3cncc(NC(=C)CC(C)(C)C)c3)cnc2N)[nH]c1C. The zero-order valence-corrected chi connectivity index (χ0v) is 26.0. The maximum atomic E-state index is 6.32. The van der Waals surface area contributed by atoms with Gasteiger partial charge in [0, 0.05) is 62.2 Å². The molecule has 0 amide bonds. The van der Waals surface area contributed by atoms with Gasteiger partial charge in [-0.3, -0.25) is 4.98 Å². The van der Waals surface area contributed by atoms with Crippen LogP contribution >= 0.6 is 11.3 Å². The summed E-state index contributed by atoms with van der Waals surface area (Å²) in [4.78, 5) is 19.6. The number of nitrogens with one attached hydrogen (secondary N) is 2. The molecule has 4 rings (SSSR count). The fourth-order valence-electron chi connectivity index (χ4n) is 4.53. The molecule has 4 N–H and O–H groups in total. The van der Waals surface area contributed by atoms with Gasteiger partial charge < -0.3 is 16.0 Å². The molecule has 0 saturated carbocycles. The molecule has 0 bridgehead atoms. The first kappa shape index (κ1) is 31.9. The van der Waals surface area contributed by atoms with E-state index in [1.807, 2.05) is 26.1 Å². The summed E-state index contributed by atoms with van der Waals surface area (Å²) in [6.07, 6.45) is 18.6. The molecule has 0 atom stereocenters. The van der Waals surface area contributed by atoms with Gasteiger partial charge in [0.1, 0.15) is 11.6 Å². The van der Waals surface area contributed by atoms with Crippen molar-refractivity contribution in [2.45, 2.75) is 47.5 Å². The predicted octanol–water partition coefficient (Wildman–Crippen LogP) is 8.67. The monoisotopic (exact) mass is 576 g/mol. The summed E-state index contributed by atoms with van der Waals surface area (Å²) in [5, 5.41) is 3.39. The van der Waals surface area contributed by atoms with Gasteiger partial charge in [-0.2, -0.15) is 0 Å². The van der Waals surface area contributed by atoms with Gasteiger partial charge in [0.05, 0.1) is 17.6 Å². The summed E-state index contributed by atoms with van der Waals surface area (Å²) in [6, 6.07) is 8.32. The normalized spacial score (nSPS) is 11.4. The molecule has 7 heteroatoms. The summed E-state index contributed by atoms with van der Waals surface area (Å²) in [7, 11) is 0. The third-order valence-electron chi connectivity index (χ3n) is 6.26. The molecular formula is C35H40N6S. The van der Waals surface area contributed by atoms with E-state index in [4.69, 9.17) is 10.7 Å². The second kappa shape index (κ2) is 13.8. The number of terminal acetylenes is 1. The van der Waals surface area contributed by atoms with Gasteiger partial charge in [-0.05, 0) is 55.5 Å². The van der Waals surface area contributed by atoms with Crippen molar-refractivity contribution in [2.75, 3.05) is 11.1 Å². The molecule has 0 fully saturated rings. The number of anilines is 2. The number of rotatable bonds is 10. The minimum Gasteiger partial charge on any atom is -0.383 e. The first-order chi connectivity index (χ1) is 19.9.